The van der Waals surface area contributed by atoms with E-state index in [1.165, 1.54) is 0 Å². The molecule has 2 N–H and O–H groups in total. The van der Waals surface area contributed by atoms with Crippen LogP contribution < -0.4 is 0 Å². The minimum atomic E-state index is -0.781. The van der Waals surface area contributed by atoms with Crippen LogP contribution in [0.15, 0.2) is 0 Å². The van der Waals surface area contributed by atoms with Crippen molar-refractivity contribution in [3.8, 4) is 0 Å². The van der Waals surface area contributed by atoms with Gasteiger partial charge in [0.1, 0.15) is 0 Å². The number of carboxylic acid groups (broad SMARTS) is 1. The van der Waals surface area contributed by atoms with E-state index in [0.717, 1.165) is 32.6 Å². The fraction of sp³-hybridized carbons (Fsp3) is 0.917. The molecule has 0 unspecified atom stereocenters. The van der Waals surface area contributed by atoms with Crippen LogP contribution in [-0.4, -0.2) is 71.9 Å². The molecule has 0 aliphatic heterocycles. The molecule has 0 saturated carbocycles. The Morgan fingerprint density at radius 1 is 1.00 bits per heavy atom. The first-order valence-corrected chi connectivity index (χ1v) is 6.41. The lowest BCUT2D eigenvalue weighted by molar-refractivity contribution is -0.137. The van der Waals surface area contributed by atoms with E-state index >= 15 is 0 Å². The predicted octanol–water partition coefficient (Wildman–Crippen LogP) is 0.487. The molecule has 0 atom stereocenters. The summed E-state index contributed by atoms with van der Waals surface area (Å²) in [5.41, 5.74) is 0. The molecule has 0 rings (SSSR count). The third-order valence-electron chi connectivity index (χ3n) is 2.90. The van der Waals surface area contributed by atoms with Crippen molar-refractivity contribution >= 4 is 5.97 Å². The van der Waals surface area contributed by atoms with Crippen LogP contribution in [0.25, 0.3) is 0 Å². The van der Waals surface area contributed by atoms with E-state index in [-0.39, 0.29) is 13.0 Å². The highest BCUT2D eigenvalue weighted by molar-refractivity contribution is 5.66. The lowest BCUT2D eigenvalue weighted by Gasteiger charge is -2.23. The zero-order valence-corrected chi connectivity index (χ0v) is 11.1. The minimum absolute atomic E-state index is 0.0882. The number of aliphatic carboxylic acids is 1. The molecule has 0 aromatic rings. The zero-order valence-electron chi connectivity index (χ0n) is 11.1. The molecular formula is C12H26N2O3. The van der Waals surface area contributed by atoms with Crippen molar-refractivity contribution in [3.05, 3.63) is 0 Å². The Labute approximate surface area is 104 Å². The van der Waals surface area contributed by atoms with E-state index < -0.39 is 5.97 Å². The summed E-state index contributed by atoms with van der Waals surface area (Å²) in [7, 11) is 0. The van der Waals surface area contributed by atoms with Crippen LogP contribution in [0.2, 0.25) is 0 Å². The van der Waals surface area contributed by atoms with Crippen molar-refractivity contribution in [2.45, 2.75) is 26.7 Å². The van der Waals surface area contributed by atoms with E-state index in [2.05, 4.69) is 18.7 Å². The minimum Gasteiger partial charge on any atom is -0.481 e. The number of carboxylic acids is 1. The van der Waals surface area contributed by atoms with E-state index in [1.807, 2.05) is 4.90 Å². The van der Waals surface area contributed by atoms with Gasteiger partial charge in [0, 0.05) is 13.1 Å². The number of hydrogen-bond donors (Lipinski definition) is 2. The Hall–Kier alpha value is -0.650. The van der Waals surface area contributed by atoms with Crippen LogP contribution in [0.4, 0.5) is 0 Å². The van der Waals surface area contributed by atoms with Gasteiger partial charge in [-0.2, -0.15) is 0 Å². The topological polar surface area (TPSA) is 64.0 Å². The van der Waals surface area contributed by atoms with Gasteiger partial charge in [-0.3, -0.25) is 4.79 Å². The second-order valence-electron chi connectivity index (χ2n) is 4.09. The number of rotatable bonds is 11. The first kappa shape index (κ1) is 16.4. The van der Waals surface area contributed by atoms with Crippen molar-refractivity contribution in [1.29, 1.82) is 0 Å². The van der Waals surface area contributed by atoms with E-state index in [0.29, 0.717) is 13.1 Å². The second-order valence-corrected chi connectivity index (χ2v) is 4.09. The molecule has 102 valence electrons. The Morgan fingerprint density at radius 3 is 2.06 bits per heavy atom. The summed E-state index contributed by atoms with van der Waals surface area (Å²) >= 11 is 0. The van der Waals surface area contributed by atoms with Crippen molar-refractivity contribution < 1.29 is 15.0 Å². The number of hydrogen-bond acceptors (Lipinski definition) is 4. The maximum Gasteiger partial charge on any atom is 0.304 e. The highest BCUT2D eigenvalue weighted by atomic mass is 16.4. The normalized spacial score (nSPS) is 11.4. The van der Waals surface area contributed by atoms with Gasteiger partial charge in [-0.25, -0.2) is 0 Å². The molecule has 0 aromatic carbocycles. The molecule has 0 saturated heterocycles. The molecule has 0 amide bonds. The van der Waals surface area contributed by atoms with Gasteiger partial charge in [0.15, 0.2) is 0 Å². The van der Waals surface area contributed by atoms with E-state index in [9.17, 15) is 4.79 Å². The summed E-state index contributed by atoms with van der Waals surface area (Å²) < 4.78 is 0. The third kappa shape index (κ3) is 9.09. The van der Waals surface area contributed by atoms with Crippen molar-refractivity contribution in [2.75, 3.05) is 45.9 Å². The average Bonchev–Trinajstić information content (AvgIpc) is 2.31. The van der Waals surface area contributed by atoms with Crippen LogP contribution >= 0.6 is 0 Å². The fourth-order valence-electron chi connectivity index (χ4n) is 1.79. The van der Waals surface area contributed by atoms with Crippen LogP contribution in [0.3, 0.4) is 0 Å². The van der Waals surface area contributed by atoms with Gasteiger partial charge >= 0.3 is 5.97 Å². The molecule has 0 fully saturated rings. The maximum absolute atomic E-state index is 10.5. The van der Waals surface area contributed by atoms with Crippen LogP contribution in [0, 0.1) is 0 Å². The summed E-state index contributed by atoms with van der Waals surface area (Å²) in [6.07, 6.45) is 1.16. The molecule has 5 nitrogen and oxygen atoms in total. The Kier molecular flexibility index (Phi) is 10.1. The van der Waals surface area contributed by atoms with Gasteiger partial charge in [-0.1, -0.05) is 13.8 Å². The number of nitrogens with zero attached hydrogens (tertiary/aromatic N) is 2. The highest BCUT2D eigenvalue weighted by Gasteiger charge is 2.07. The molecule has 0 aromatic heterocycles. The van der Waals surface area contributed by atoms with Crippen LogP contribution in [0.1, 0.15) is 26.7 Å². The monoisotopic (exact) mass is 246 g/mol. The fourth-order valence-corrected chi connectivity index (χ4v) is 1.79. The lowest BCUT2D eigenvalue weighted by atomic mass is 10.3. The Bertz CT molecular complexity index is 196. The van der Waals surface area contributed by atoms with Gasteiger partial charge < -0.3 is 20.0 Å². The average molecular weight is 246 g/mol. The Balaban J connectivity index is 3.79. The van der Waals surface area contributed by atoms with Crippen LogP contribution in [-0.2, 0) is 4.79 Å². The van der Waals surface area contributed by atoms with E-state index in [4.69, 9.17) is 10.2 Å². The summed E-state index contributed by atoms with van der Waals surface area (Å²) in [4.78, 5) is 14.8. The largest absolute Gasteiger partial charge is 0.481 e. The molecule has 0 bridgehead atoms. The summed E-state index contributed by atoms with van der Waals surface area (Å²) in [5, 5.41) is 17.5. The Morgan fingerprint density at radius 2 is 1.59 bits per heavy atom. The molecule has 17 heavy (non-hydrogen) atoms. The molecule has 0 radical (unpaired) electrons. The predicted molar refractivity (Wildman–Crippen MR) is 68.2 cm³/mol. The smallest absolute Gasteiger partial charge is 0.304 e. The number of carbonyl (C=O) groups is 1. The van der Waals surface area contributed by atoms with Gasteiger partial charge in [0.05, 0.1) is 13.0 Å². The zero-order chi connectivity index (χ0) is 13.1. The third-order valence-corrected chi connectivity index (χ3v) is 2.90. The molecular weight excluding hydrogens is 220 g/mol. The second kappa shape index (κ2) is 10.5. The molecule has 0 spiro atoms. The first-order chi connectivity index (χ1) is 8.13. The van der Waals surface area contributed by atoms with Crippen molar-refractivity contribution in [1.82, 2.24) is 9.80 Å². The van der Waals surface area contributed by atoms with Gasteiger partial charge in [0.2, 0.25) is 0 Å². The molecule has 0 aliphatic carbocycles. The van der Waals surface area contributed by atoms with Gasteiger partial charge in [-0.15, -0.1) is 0 Å². The first-order valence-electron chi connectivity index (χ1n) is 6.41. The highest BCUT2D eigenvalue weighted by Crippen LogP contribution is 1.97. The molecule has 5 heteroatoms. The van der Waals surface area contributed by atoms with Crippen molar-refractivity contribution in [2.24, 2.45) is 0 Å². The summed E-state index contributed by atoms with van der Waals surface area (Å²) in [5.74, 6) is -0.781. The molecule has 0 heterocycles. The summed E-state index contributed by atoms with van der Waals surface area (Å²) in [6, 6.07) is 0. The van der Waals surface area contributed by atoms with Crippen LogP contribution in [0.5, 0.6) is 0 Å². The molecule has 0 aliphatic rings. The van der Waals surface area contributed by atoms with E-state index in [1.54, 1.807) is 0 Å². The quantitative estimate of drug-likeness (QED) is 0.555. The number of aliphatic hydroxyl groups excluding tert-OH is 1. The maximum atomic E-state index is 10.5. The van der Waals surface area contributed by atoms with Crippen molar-refractivity contribution in [3.63, 3.8) is 0 Å². The number of aliphatic hydroxyl groups is 1. The SMILES string of the molecule is CCN(CC)CCCN(CCO)CCC(=O)O. The standard InChI is InChI=1S/C12H26N2O3/c1-3-13(4-2)7-5-8-14(10-11-15)9-6-12(16)17/h15H,3-11H2,1-2H3,(H,16,17). The summed E-state index contributed by atoms with van der Waals surface area (Å²) in [6.45, 7) is 9.42. The van der Waals surface area contributed by atoms with Gasteiger partial charge in [-0.05, 0) is 32.6 Å². The lowest BCUT2D eigenvalue weighted by Crippen LogP contribution is -2.33. The van der Waals surface area contributed by atoms with Gasteiger partial charge in [0.25, 0.3) is 0 Å².